The van der Waals surface area contributed by atoms with Gasteiger partial charge in [-0.1, -0.05) is 48.6 Å². The smallest absolute Gasteiger partial charge is 0.121 e. The van der Waals surface area contributed by atoms with Crippen molar-refractivity contribution in [1.82, 2.24) is 14.9 Å². The number of fused-ring (bicyclic) bond motifs is 2. The number of rotatable bonds is 7. The molecule has 2 heterocycles. The normalized spacial score (nSPS) is 20.3. The Morgan fingerprint density at radius 1 is 1.00 bits per heavy atom. The lowest BCUT2D eigenvalue weighted by atomic mass is 9.89. The molecule has 0 fully saturated rings. The van der Waals surface area contributed by atoms with Crippen molar-refractivity contribution in [2.45, 2.75) is 44.4 Å². The van der Waals surface area contributed by atoms with Crippen molar-refractivity contribution in [2.75, 3.05) is 6.54 Å². The van der Waals surface area contributed by atoms with E-state index in [1.54, 1.807) is 0 Å². The number of nitrogens with zero attached hydrogens (tertiary/aromatic N) is 3. The minimum absolute atomic E-state index is 0.324. The number of aromatic nitrogens is 2. The fourth-order valence-electron chi connectivity index (χ4n) is 4.61. The van der Waals surface area contributed by atoms with Crippen LogP contribution in [0.15, 0.2) is 77.3 Å². The second-order valence-electron chi connectivity index (χ2n) is 8.45. The van der Waals surface area contributed by atoms with Crippen LogP contribution in [0.2, 0.25) is 0 Å². The van der Waals surface area contributed by atoms with Crippen molar-refractivity contribution in [2.24, 2.45) is 10.7 Å². The highest BCUT2D eigenvalue weighted by atomic mass is 15.2. The average Bonchev–Trinajstić information content (AvgIpc) is 3.22. The summed E-state index contributed by atoms with van der Waals surface area (Å²) in [6.07, 6.45) is 11.7. The number of para-hydroxylation sites is 2. The number of benzene rings is 2. The van der Waals surface area contributed by atoms with Crippen LogP contribution >= 0.6 is 0 Å². The molecule has 1 aliphatic carbocycles. The van der Waals surface area contributed by atoms with Gasteiger partial charge >= 0.3 is 0 Å². The Kier molecular flexibility index (Phi) is 5.78. The molecule has 0 saturated heterocycles. The minimum atomic E-state index is 0.324. The van der Waals surface area contributed by atoms with Crippen molar-refractivity contribution in [3.05, 3.63) is 89.3 Å². The van der Waals surface area contributed by atoms with Gasteiger partial charge in [-0.3, -0.25) is 9.89 Å². The van der Waals surface area contributed by atoms with Crippen LogP contribution in [0.25, 0.3) is 11.0 Å². The number of H-pyrrole nitrogens is 1. The molecular weight excluding hydrogens is 382 g/mol. The van der Waals surface area contributed by atoms with Gasteiger partial charge < -0.3 is 10.7 Å². The van der Waals surface area contributed by atoms with E-state index < -0.39 is 0 Å². The van der Waals surface area contributed by atoms with Gasteiger partial charge in [-0.2, -0.15) is 0 Å². The molecule has 1 aliphatic heterocycles. The summed E-state index contributed by atoms with van der Waals surface area (Å²) in [6.45, 7) is 2.35. The number of allylic oxidation sites excluding steroid dienone is 1. The molecule has 1 aromatic heterocycles. The van der Waals surface area contributed by atoms with E-state index in [0.29, 0.717) is 18.6 Å². The summed E-state index contributed by atoms with van der Waals surface area (Å²) < 4.78 is 0. The van der Waals surface area contributed by atoms with Crippen molar-refractivity contribution < 1.29 is 0 Å². The predicted octanol–water partition coefficient (Wildman–Crippen LogP) is 4.16. The highest BCUT2D eigenvalue weighted by Crippen LogP contribution is 2.29. The zero-order valence-corrected chi connectivity index (χ0v) is 17.7. The summed E-state index contributed by atoms with van der Waals surface area (Å²) in [6, 6.07) is 17.8. The lowest BCUT2D eigenvalue weighted by Gasteiger charge is -2.34. The summed E-state index contributed by atoms with van der Waals surface area (Å²) >= 11 is 0. The Morgan fingerprint density at radius 2 is 1.84 bits per heavy atom. The standard InChI is InChI=1S/C26H29N5/c27-14-13-19-7-9-20(10-8-19)17-31(18-26-29-24-5-1-2-6-25(24)30-26)22-11-12-23-21(16-22)4-3-15-28-23/h1-10,15-16,22-23H,11-14,17-18,27H2,(H,29,30). The molecule has 0 saturated carbocycles. The van der Waals surface area contributed by atoms with Gasteiger partial charge in [0.05, 0.1) is 23.6 Å². The largest absolute Gasteiger partial charge is 0.341 e. The van der Waals surface area contributed by atoms with Crippen LogP contribution in [0, 0.1) is 0 Å². The van der Waals surface area contributed by atoms with E-state index in [9.17, 15) is 0 Å². The molecule has 0 bridgehead atoms. The van der Waals surface area contributed by atoms with Crippen LogP contribution in [0.1, 0.15) is 29.8 Å². The average molecular weight is 412 g/mol. The van der Waals surface area contributed by atoms with Gasteiger partial charge in [-0.05, 0) is 60.7 Å². The maximum Gasteiger partial charge on any atom is 0.121 e. The van der Waals surface area contributed by atoms with Crippen molar-refractivity contribution >= 4 is 17.2 Å². The molecule has 0 radical (unpaired) electrons. The number of hydrogen-bond acceptors (Lipinski definition) is 4. The van der Waals surface area contributed by atoms with Crippen LogP contribution < -0.4 is 5.73 Å². The predicted molar refractivity (Wildman–Crippen MR) is 127 cm³/mol. The SMILES string of the molecule is NCCc1ccc(CN(Cc2nc3ccccc3[nH]2)C2C=C3C=CC=NC3CC2)cc1. The third-order valence-electron chi connectivity index (χ3n) is 6.25. The van der Waals surface area contributed by atoms with Gasteiger partial charge in [0, 0.05) is 18.8 Å². The number of imidazole rings is 1. The summed E-state index contributed by atoms with van der Waals surface area (Å²) in [5, 5.41) is 0. The zero-order chi connectivity index (χ0) is 21.0. The summed E-state index contributed by atoms with van der Waals surface area (Å²) in [5.74, 6) is 1.01. The van der Waals surface area contributed by atoms with E-state index in [-0.39, 0.29) is 0 Å². The fraction of sp³-hybridized carbons (Fsp3) is 0.308. The Hall–Kier alpha value is -3.02. The molecule has 2 atom stereocenters. The first-order valence-electron chi connectivity index (χ1n) is 11.2. The topological polar surface area (TPSA) is 70.3 Å². The summed E-state index contributed by atoms with van der Waals surface area (Å²) in [7, 11) is 0. The molecule has 3 aromatic rings. The lowest BCUT2D eigenvalue weighted by molar-refractivity contribution is 0.188. The lowest BCUT2D eigenvalue weighted by Crippen LogP contribution is -2.37. The van der Waals surface area contributed by atoms with E-state index in [4.69, 9.17) is 10.7 Å². The van der Waals surface area contributed by atoms with Gasteiger partial charge in [0.25, 0.3) is 0 Å². The van der Waals surface area contributed by atoms with Crippen LogP contribution in [-0.2, 0) is 19.5 Å². The number of dihydropyridines is 1. The second kappa shape index (κ2) is 9.00. The molecule has 3 N–H and O–H groups in total. The molecule has 5 rings (SSSR count). The number of aromatic amines is 1. The van der Waals surface area contributed by atoms with E-state index in [1.165, 1.54) is 16.7 Å². The number of nitrogens with one attached hydrogen (secondary N) is 1. The molecule has 158 valence electrons. The van der Waals surface area contributed by atoms with Gasteiger partial charge in [0.2, 0.25) is 0 Å². The van der Waals surface area contributed by atoms with Gasteiger partial charge in [-0.25, -0.2) is 4.98 Å². The Labute approximate surface area is 183 Å². The molecule has 2 aliphatic rings. The second-order valence-corrected chi connectivity index (χ2v) is 8.45. The maximum absolute atomic E-state index is 5.71. The van der Waals surface area contributed by atoms with E-state index >= 15 is 0 Å². The summed E-state index contributed by atoms with van der Waals surface area (Å²) in [4.78, 5) is 15.5. The van der Waals surface area contributed by atoms with Crippen molar-refractivity contribution in [1.29, 1.82) is 0 Å². The molecule has 5 heteroatoms. The fourth-order valence-corrected chi connectivity index (χ4v) is 4.61. The zero-order valence-electron chi connectivity index (χ0n) is 17.7. The quantitative estimate of drug-likeness (QED) is 0.613. The maximum atomic E-state index is 5.71. The first kappa shape index (κ1) is 19.9. The third-order valence-corrected chi connectivity index (χ3v) is 6.25. The van der Waals surface area contributed by atoms with E-state index in [2.05, 4.69) is 63.4 Å². The third kappa shape index (κ3) is 4.53. The number of hydrogen-bond donors (Lipinski definition) is 2. The summed E-state index contributed by atoms with van der Waals surface area (Å²) in [5.41, 5.74) is 11.8. The highest BCUT2D eigenvalue weighted by molar-refractivity contribution is 5.75. The molecule has 2 unspecified atom stereocenters. The molecule has 0 spiro atoms. The van der Waals surface area contributed by atoms with Gasteiger partial charge in [0.1, 0.15) is 5.82 Å². The van der Waals surface area contributed by atoms with Crippen LogP contribution in [0.4, 0.5) is 0 Å². The van der Waals surface area contributed by atoms with E-state index in [0.717, 1.165) is 49.2 Å². The molecule has 0 amide bonds. The van der Waals surface area contributed by atoms with Crippen molar-refractivity contribution in [3.8, 4) is 0 Å². The van der Waals surface area contributed by atoms with Crippen LogP contribution in [-0.4, -0.2) is 39.7 Å². The molecule has 5 nitrogen and oxygen atoms in total. The Bertz CT molecular complexity index is 1090. The van der Waals surface area contributed by atoms with Gasteiger partial charge in [-0.15, -0.1) is 0 Å². The Morgan fingerprint density at radius 3 is 2.68 bits per heavy atom. The minimum Gasteiger partial charge on any atom is -0.341 e. The number of aliphatic imine (C=N–C) groups is 1. The Balaban J connectivity index is 1.41. The highest BCUT2D eigenvalue weighted by Gasteiger charge is 2.26. The van der Waals surface area contributed by atoms with Crippen LogP contribution in [0.3, 0.4) is 0 Å². The monoisotopic (exact) mass is 411 g/mol. The van der Waals surface area contributed by atoms with Gasteiger partial charge in [0.15, 0.2) is 0 Å². The van der Waals surface area contributed by atoms with E-state index in [1.807, 2.05) is 24.4 Å². The van der Waals surface area contributed by atoms with Crippen LogP contribution in [0.5, 0.6) is 0 Å². The van der Waals surface area contributed by atoms with Crippen molar-refractivity contribution in [3.63, 3.8) is 0 Å². The first-order chi connectivity index (χ1) is 15.3. The molecule has 2 aromatic carbocycles. The first-order valence-corrected chi connectivity index (χ1v) is 11.2. The molecular formula is C26H29N5. The number of nitrogens with two attached hydrogens (primary N) is 1. The molecule has 31 heavy (non-hydrogen) atoms.